The molecule has 24 heavy (non-hydrogen) atoms. The molecule has 128 valence electrons. The smallest absolute Gasteiger partial charge is 0.303 e. The van der Waals surface area contributed by atoms with Gasteiger partial charge >= 0.3 is 5.97 Å². The molecule has 1 aromatic carbocycles. The molecule has 0 bridgehead atoms. The van der Waals surface area contributed by atoms with E-state index in [1.807, 2.05) is 0 Å². The largest absolute Gasteiger partial charge is 0.481 e. The Labute approximate surface area is 136 Å². The second-order valence-electron chi connectivity index (χ2n) is 6.20. The van der Waals surface area contributed by atoms with Gasteiger partial charge in [-0.05, 0) is 18.6 Å². The van der Waals surface area contributed by atoms with Crippen LogP contribution in [0.15, 0.2) is 12.1 Å². The summed E-state index contributed by atoms with van der Waals surface area (Å²) in [5.74, 6) is -4.76. The average Bonchev–Trinajstić information content (AvgIpc) is 2.43. The number of halogens is 2. The number of nitrogens with zero attached hydrogens (tertiary/aromatic N) is 1. The van der Waals surface area contributed by atoms with E-state index in [0.717, 1.165) is 12.1 Å². The number of nitrogens with one attached hydrogen (secondary N) is 1. The van der Waals surface area contributed by atoms with Gasteiger partial charge in [-0.15, -0.1) is 0 Å². The molecular weight excluding hydrogens is 322 g/mol. The number of anilines is 1. The summed E-state index contributed by atoms with van der Waals surface area (Å²) in [4.78, 5) is 35.3. The van der Waals surface area contributed by atoms with E-state index in [4.69, 9.17) is 5.11 Å². The molecule has 1 aromatic rings. The standard InChI is InChI=1S/C16H16F2N2O4/c17-11-4-9(20-6-8(7-20)3-14(22)23)5-12(18)15(11)10-1-2-13(21)19-16(10)24/h4-5,8,10H,1-3,6-7H2,(H,22,23)(H,19,21,24)/t10-/m1/s1. The summed E-state index contributed by atoms with van der Waals surface area (Å²) in [5, 5.41) is 10.8. The first kappa shape index (κ1) is 16.4. The van der Waals surface area contributed by atoms with E-state index in [1.165, 1.54) is 0 Å². The van der Waals surface area contributed by atoms with Crippen LogP contribution in [0.1, 0.15) is 30.7 Å². The van der Waals surface area contributed by atoms with Crippen molar-refractivity contribution in [2.75, 3.05) is 18.0 Å². The third-order valence-electron chi connectivity index (χ3n) is 4.44. The summed E-state index contributed by atoms with van der Waals surface area (Å²) in [6.07, 6.45) is 0.137. The first-order chi connectivity index (χ1) is 11.3. The number of amides is 2. The van der Waals surface area contributed by atoms with E-state index >= 15 is 0 Å². The lowest BCUT2D eigenvalue weighted by atomic mass is 9.89. The number of aliphatic carboxylic acids is 1. The zero-order valence-corrected chi connectivity index (χ0v) is 12.7. The Morgan fingerprint density at radius 1 is 1.25 bits per heavy atom. The molecule has 0 aromatic heterocycles. The van der Waals surface area contributed by atoms with Crippen LogP contribution in [0.2, 0.25) is 0 Å². The van der Waals surface area contributed by atoms with Crippen molar-refractivity contribution in [3.63, 3.8) is 0 Å². The van der Waals surface area contributed by atoms with Crippen molar-refractivity contribution < 1.29 is 28.3 Å². The van der Waals surface area contributed by atoms with Gasteiger partial charge in [-0.1, -0.05) is 0 Å². The second-order valence-corrected chi connectivity index (χ2v) is 6.20. The first-order valence-corrected chi connectivity index (χ1v) is 7.64. The van der Waals surface area contributed by atoms with Crippen LogP contribution in [-0.2, 0) is 14.4 Å². The highest BCUT2D eigenvalue weighted by Gasteiger charge is 2.34. The molecule has 1 atom stereocenters. The zero-order chi connectivity index (χ0) is 17.4. The number of carboxylic acids is 1. The van der Waals surface area contributed by atoms with E-state index in [9.17, 15) is 23.2 Å². The SMILES string of the molecule is O=C(O)CC1CN(c2cc(F)c([C@H]3CCC(=O)NC3=O)c(F)c2)C1. The molecule has 2 amide bonds. The lowest BCUT2D eigenvalue weighted by molar-refractivity contribution is -0.138. The molecule has 3 rings (SSSR count). The van der Waals surface area contributed by atoms with Gasteiger partial charge in [0.25, 0.3) is 0 Å². The maximum absolute atomic E-state index is 14.4. The Morgan fingerprint density at radius 3 is 2.42 bits per heavy atom. The summed E-state index contributed by atoms with van der Waals surface area (Å²) < 4.78 is 28.7. The number of rotatable bonds is 4. The minimum atomic E-state index is -1.02. The van der Waals surface area contributed by atoms with Gasteiger partial charge in [-0.25, -0.2) is 8.78 Å². The van der Waals surface area contributed by atoms with E-state index in [0.29, 0.717) is 18.8 Å². The van der Waals surface area contributed by atoms with Crippen LogP contribution in [0.4, 0.5) is 14.5 Å². The predicted octanol–water partition coefficient (Wildman–Crippen LogP) is 1.40. The molecule has 2 aliphatic heterocycles. The van der Waals surface area contributed by atoms with Gasteiger partial charge in [-0.2, -0.15) is 0 Å². The van der Waals surface area contributed by atoms with Crippen molar-refractivity contribution in [1.29, 1.82) is 0 Å². The fourth-order valence-electron chi connectivity index (χ4n) is 3.21. The molecule has 2 heterocycles. The van der Waals surface area contributed by atoms with Gasteiger partial charge in [0.2, 0.25) is 11.8 Å². The highest BCUT2D eigenvalue weighted by Crippen LogP contribution is 2.34. The Bertz CT molecular complexity index is 693. The molecule has 8 heteroatoms. The molecule has 0 radical (unpaired) electrons. The highest BCUT2D eigenvalue weighted by atomic mass is 19.1. The quantitative estimate of drug-likeness (QED) is 0.811. The topological polar surface area (TPSA) is 86.7 Å². The molecule has 2 aliphatic rings. The van der Waals surface area contributed by atoms with Gasteiger partial charge in [0, 0.05) is 36.7 Å². The van der Waals surface area contributed by atoms with Crippen LogP contribution in [0, 0.1) is 17.6 Å². The number of hydrogen-bond acceptors (Lipinski definition) is 4. The molecular formula is C16H16F2N2O4. The van der Waals surface area contributed by atoms with Crippen molar-refractivity contribution in [1.82, 2.24) is 5.32 Å². The van der Waals surface area contributed by atoms with Crippen molar-refractivity contribution >= 4 is 23.5 Å². The molecule has 2 fully saturated rings. The third kappa shape index (κ3) is 3.08. The molecule has 6 nitrogen and oxygen atoms in total. The zero-order valence-electron chi connectivity index (χ0n) is 12.7. The monoisotopic (exact) mass is 338 g/mol. The first-order valence-electron chi connectivity index (χ1n) is 7.64. The van der Waals surface area contributed by atoms with E-state index in [-0.39, 0.29) is 30.7 Å². The minimum absolute atomic E-state index is 0.0236. The summed E-state index contributed by atoms with van der Waals surface area (Å²) in [6, 6.07) is 2.30. The normalized spacial score (nSPS) is 21.4. The van der Waals surface area contributed by atoms with E-state index < -0.39 is 35.3 Å². The average molecular weight is 338 g/mol. The third-order valence-corrected chi connectivity index (χ3v) is 4.44. The Hall–Kier alpha value is -2.51. The van der Waals surface area contributed by atoms with Gasteiger partial charge in [0.1, 0.15) is 11.6 Å². The Balaban J connectivity index is 1.76. The minimum Gasteiger partial charge on any atom is -0.481 e. The number of carboxylic acid groups (broad SMARTS) is 1. The molecule has 0 spiro atoms. The number of carbonyl (C=O) groups is 3. The maximum atomic E-state index is 14.4. The van der Waals surface area contributed by atoms with Crippen LogP contribution in [0.5, 0.6) is 0 Å². The van der Waals surface area contributed by atoms with Crippen LogP contribution in [0.3, 0.4) is 0 Å². The summed E-state index contributed by atoms with van der Waals surface area (Å²) in [7, 11) is 0. The molecule has 0 unspecified atom stereocenters. The number of carbonyl (C=O) groups excluding carboxylic acids is 2. The summed E-state index contributed by atoms with van der Waals surface area (Å²) in [5.41, 5.74) is -0.00552. The molecule has 2 N–H and O–H groups in total. The van der Waals surface area contributed by atoms with Crippen LogP contribution >= 0.6 is 0 Å². The van der Waals surface area contributed by atoms with Crippen molar-refractivity contribution in [3.05, 3.63) is 29.3 Å². The van der Waals surface area contributed by atoms with Gasteiger partial charge in [0.05, 0.1) is 12.3 Å². The van der Waals surface area contributed by atoms with Crippen molar-refractivity contribution in [2.45, 2.75) is 25.2 Å². The number of piperidine rings is 1. The predicted molar refractivity (Wildman–Crippen MR) is 79.4 cm³/mol. The number of hydrogen-bond donors (Lipinski definition) is 2. The second kappa shape index (κ2) is 6.18. The fourth-order valence-corrected chi connectivity index (χ4v) is 3.21. The number of imide groups is 1. The van der Waals surface area contributed by atoms with Crippen LogP contribution < -0.4 is 10.2 Å². The summed E-state index contributed by atoms with van der Waals surface area (Å²) >= 11 is 0. The van der Waals surface area contributed by atoms with Gasteiger partial charge in [-0.3, -0.25) is 19.7 Å². The lowest BCUT2D eigenvalue weighted by Gasteiger charge is -2.40. The van der Waals surface area contributed by atoms with E-state index in [2.05, 4.69) is 5.32 Å². The number of benzene rings is 1. The van der Waals surface area contributed by atoms with Crippen LogP contribution in [0.25, 0.3) is 0 Å². The Kier molecular flexibility index (Phi) is 4.21. The molecule has 0 aliphatic carbocycles. The summed E-state index contributed by atoms with van der Waals surface area (Å²) in [6.45, 7) is 0.839. The van der Waals surface area contributed by atoms with Gasteiger partial charge in [0.15, 0.2) is 0 Å². The van der Waals surface area contributed by atoms with Crippen LogP contribution in [-0.4, -0.2) is 36.0 Å². The lowest BCUT2D eigenvalue weighted by Crippen LogP contribution is -2.47. The highest BCUT2D eigenvalue weighted by molar-refractivity contribution is 6.01. The van der Waals surface area contributed by atoms with Crippen molar-refractivity contribution in [3.8, 4) is 0 Å². The van der Waals surface area contributed by atoms with E-state index in [1.54, 1.807) is 4.90 Å². The van der Waals surface area contributed by atoms with Gasteiger partial charge < -0.3 is 10.0 Å². The fraction of sp³-hybridized carbons (Fsp3) is 0.438. The maximum Gasteiger partial charge on any atom is 0.303 e. The Morgan fingerprint density at radius 2 is 1.88 bits per heavy atom. The molecule has 0 saturated carbocycles. The van der Waals surface area contributed by atoms with Crippen molar-refractivity contribution in [2.24, 2.45) is 5.92 Å². The molecule has 2 saturated heterocycles.